The summed E-state index contributed by atoms with van der Waals surface area (Å²) in [6, 6.07) is -0.000000000000000444. The van der Waals surface area contributed by atoms with Crippen LogP contribution in [-0.4, -0.2) is 33.0 Å². The molecule has 0 aromatic heterocycles. The zero-order valence-corrected chi connectivity index (χ0v) is 6.96. The molecule has 0 rings (SSSR count). The van der Waals surface area contributed by atoms with Crippen molar-refractivity contribution in [3.8, 4) is 0 Å². The normalized spacial score (nSPS) is 16.8. The highest BCUT2D eigenvalue weighted by molar-refractivity contribution is 4.70. The molecule has 2 unspecified atom stereocenters. The molecule has 0 radical (unpaired) electrons. The van der Waals surface area contributed by atoms with E-state index in [1.54, 1.807) is 14.2 Å². The SMILES string of the molecule is CCC(OC)C(N)COC. The molecule has 0 fully saturated rings. The van der Waals surface area contributed by atoms with E-state index in [9.17, 15) is 0 Å². The van der Waals surface area contributed by atoms with Gasteiger partial charge in [0.05, 0.1) is 18.8 Å². The standard InChI is InChI=1S/C7H17NO2/c1-4-7(10-3)6(8)5-9-2/h6-7H,4-5,8H2,1-3H3. The predicted octanol–water partition coefficient (Wildman–Crippen LogP) is 0.385. The first kappa shape index (κ1) is 9.88. The molecule has 2 atom stereocenters. The molecule has 0 aromatic rings. The van der Waals surface area contributed by atoms with E-state index in [0.717, 1.165) is 6.42 Å². The molecule has 0 aliphatic carbocycles. The lowest BCUT2D eigenvalue weighted by atomic mass is 10.1. The lowest BCUT2D eigenvalue weighted by Crippen LogP contribution is -2.39. The van der Waals surface area contributed by atoms with E-state index in [2.05, 4.69) is 0 Å². The third-order valence-electron chi connectivity index (χ3n) is 1.54. The molecule has 2 N–H and O–H groups in total. The van der Waals surface area contributed by atoms with Crippen LogP contribution in [0.25, 0.3) is 0 Å². The minimum Gasteiger partial charge on any atom is -0.383 e. The van der Waals surface area contributed by atoms with Crippen molar-refractivity contribution < 1.29 is 9.47 Å². The molecule has 3 nitrogen and oxygen atoms in total. The maximum atomic E-state index is 5.70. The smallest absolute Gasteiger partial charge is 0.0742 e. The number of hydrogen-bond donors (Lipinski definition) is 1. The monoisotopic (exact) mass is 147 g/mol. The molecular weight excluding hydrogens is 130 g/mol. The average molecular weight is 147 g/mol. The third kappa shape index (κ3) is 3.15. The van der Waals surface area contributed by atoms with Crippen LogP contribution in [0.5, 0.6) is 0 Å². The van der Waals surface area contributed by atoms with Crippen LogP contribution in [-0.2, 0) is 9.47 Å². The van der Waals surface area contributed by atoms with Crippen molar-refractivity contribution >= 4 is 0 Å². The first-order valence-electron chi connectivity index (χ1n) is 3.53. The van der Waals surface area contributed by atoms with Gasteiger partial charge in [-0.3, -0.25) is 0 Å². The van der Waals surface area contributed by atoms with Gasteiger partial charge in [-0.05, 0) is 6.42 Å². The molecule has 0 amide bonds. The first-order valence-corrected chi connectivity index (χ1v) is 3.53. The van der Waals surface area contributed by atoms with E-state index >= 15 is 0 Å². The van der Waals surface area contributed by atoms with Crippen molar-refractivity contribution in [1.29, 1.82) is 0 Å². The molecule has 10 heavy (non-hydrogen) atoms. The molecule has 3 heteroatoms. The van der Waals surface area contributed by atoms with Gasteiger partial charge in [0.2, 0.25) is 0 Å². The van der Waals surface area contributed by atoms with Crippen LogP contribution >= 0.6 is 0 Å². The van der Waals surface area contributed by atoms with Crippen molar-refractivity contribution in [2.45, 2.75) is 25.5 Å². The fourth-order valence-corrected chi connectivity index (χ4v) is 0.944. The second-order valence-electron chi connectivity index (χ2n) is 2.30. The number of methoxy groups -OCH3 is 2. The Morgan fingerprint density at radius 3 is 2.30 bits per heavy atom. The molecule has 0 aliphatic heterocycles. The lowest BCUT2D eigenvalue weighted by molar-refractivity contribution is 0.0459. The summed E-state index contributed by atoms with van der Waals surface area (Å²) in [5.41, 5.74) is 5.70. The van der Waals surface area contributed by atoms with Crippen LogP contribution in [0.3, 0.4) is 0 Å². The fourth-order valence-electron chi connectivity index (χ4n) is 0.944. The van der Waals surface area contributed by atoms with E-state index in [1.165, 1.54) is 0 Å². The van der Waals surface area contributed by atoms with Gasteiger partial charge in [0.15, 0.2) is 0 Å². The molecule has 62 valence electrons. The van der Waals surface area contributed by atoms with Crippen molar-refractivity contribution in [2.75, 3.05) is 20.8 Å². The number of hydrogen-bond acceptors (Lipinski definition) is 3. The maximum Gasteiger partial charge on any atom is 0.0742 e. The minimum absolute atomic E-state index is 0.000000000000000444. The van der Waals surface area contributed by atoms with Gasteiger partial charge in [-0.2, -0.15) is 0 Å². The summed E-state index contributed by atoms with van der Waals surface area (Å²) in [5, 5.41) is 0. The third-order valence-corrected chi connectivity index (χ3v) is 1.54. The molecule has 0 saturated carbocycles. The van der Waals surface area contributed by atoms with Gasteiger partial charge in [-0.1, -0.05) is 6.92 Å². The van der Waals surface area contributed by atoms with Crippen molar-refractivity contribution in [3.63, 3.8) is 0 Å². The van der Waals surface area contributed by atoms with Gasteiger partial charge >= 0.3 is 0 Å². The van der Waals surface area contributed by atoms with Crippen LogP contribution in [0.2, 0.25) is 0 Å². The fraction of sp³-hybridized carbons (Fsp3) is 1.00. The predicted molar refractivity (Wildman–Crippen MR) is 40.9 cm³/mol. The maximum absolute atomic E-state index is 5.70. The number of ether oxygens (including phenoxy) is 2. The Hall–Kier alpha value is -0.120. The Bertz CT molecular complexity index is 74.0. The summed E-state index contributed by atoms with van der Waals surface area (Å²) in [5.74, 6) is 0. The van der Waals surface area contributed by atoms with Crippen molar-refractivity contribution in [1.82, 2.24) is 0 Å². The highest BCUT2D eigenvalue weighted by atomic mass is 16.5. The van der Waals surface area contributed by atoms with Gasteiger partial charge in [-0.25, -0.2) is 0 Å². The van der Waals surface area contributed by atoms with E-state index < -0.39 is 0 Å². The summed E-state index contributed by atoms with van der Waals surface area (Å²) in [7, 11) is 3.31. The van der Waals surface area contributed by atoms with Crippen LogP contribution in [0.4, 0.5) is 0 Å². The second kappa shape index (κ2) is 5.65. The molecule has 0 heterocycles. The van der Waals surface area contributed by atoms with Crippen LogP contribution in [0, 0.1) is 0 Å². The minimum atomic E-state index is -0.000000000000000444. The van der Waals surface area contributed by atoms with Gasteiger partial charge in [0.1, 0.15) is 0 Å². The lowest BCUT2D eigenvalue weighted by Gasteiger charge is -2.19. The van der Waals surface area contributed by atoms with Gasteiger partial charge in [-0.15, -0.1) is 0 Å². The Morgan fingerprint density at radius 1 is 1.40 bits per heavy atom. The van der Waals surface area contributed by atoms with Crippen molar-refractivity contribution in [3.05, 3.63) is 0 Å². The zero-order chi connectivity index (χ0) is 7.98. The Kier molecular flexibility index (Phi) is 5.58. The second-order valence-corrected chi connectivity index (χ2v) is 2.30. The largest absolute Gasteiger partial charge is 0.383 e. The van der Waals surface area contributed by atoms with Gasteiger partial charge < -0.3 is 15.2 Å². The van der Waals surface area contributed by atoms with E-state index in [-0.39, 0.29) is 12.1 Å². The van der Waals surface area contributed by atoms with Crippen LogP contribution in [0.1, 0.15) is 13.3 Å². The quantitative estimate of drug-likeness (QED) is 0.611. The Morgan fingerprint density at radius 2 is 2.00 bits per heavy atom. The van der Waals surface area contributed by atoms with E-state index in [4.69, 9.17) is 15.2 Å². The van der Waals surface area contributed by atoms with Gasteiger partial charge in [0.25, 0.3) is 0 Å². The highest BCUT2D eigenvalue weighted by Gasteiger charge is 2.13. The van der Waals surface area contributed by atoms with E-state index in [0.29, 0.717) is 6.61 Å². The molecule has 0 bridgehead atoms. The Balaban J connectivity index is 3.53. The Labute approximate surface area is 62.5 Å². The summed E-state index contributed by atoms with van der Waals surface area (Å²) in [4.78, 5) is 0. The summed E-state index contributed by atoms with van der Waals surface area (Å²) < 4.78 is 9.99. The summed E-state index contributed by atoms with van der Waals surface area (Å²) >= 11 is 0. The van der Waals surface area contributed by atoms with Crippen LogP contribution in [0.15, 0.2) is 0 Å². The molecular formula is C7H17NO2. The molecule has 0 saturated heterocycles. The number of rotatable bonds is 5. The highest BCUT2D eigenvalue weighted by Crippen LogP contribution is 2.00. The van der Waals surface area contributed by atoms with E-state index in [1.807, 2.05) is 6.92 Å². The zero-order valence-electron chi connectivity index (χ0n) is 6.96. The van der Waals surface area contributed by atoms with Crippen LogP contribution < -0.4 is 5.73 Å². The van der Waals surface area contributed by atoms with Gasteiger partial charge in [0, 0.05) is 14.2 Å². The number of nitrogens with two attached hydrogens (primary N) is 1. The average Bonchev–Trinajstić information content (AvgIpc) is 1.91. The molecule has 0 aliphatic rings. The molecule has 0 aromatic carbocycles. The molecule has 0 spiro atoms. The summed E-state index contributed by atoms with van der Waals surface area (Å²) in [6.07, 6.45) is 1.06. The topological polar surface area (TPSA) is 44.5 Å². The van der Waals surface area contributed by atoms with Crippen molar-refractivity contribution in [2.24, 2.45) is 5.73 Å². The first-order chi connectivity index (χ1) is 4.76. The summed E-state index contributed by atoms with van der Waals surface area (Å²) in [6.45, 7) is 2.61.